The van der Waals surface area contributed by atoms with Crippen LogP contribution in [-0.4, -0.2) is 20.9 Å². The molecule has 2 aromatic carbocycles. The van der Waals surface area contributed by atoms with Gasteiger partial charge in [0.15, 0.2) is 0 Å². The van der Waals surface area contributed by atoms with Gasteiger partial charge >= 0.3 is 6.18 Å². The van der Waals surface area contributed by atoms with Crippen LogP contribution in [-0.2, 0) is 22.7 Å². The van der Waals surface area contributed by atoms with E-state index in [0.717, 1.165) is 18.4 Å². The van der Waals surface area contributed by atoms with Crippen LogP contribution >= 0.6 is 0 Å². The molecule has 8 heteroatoms. The Labute approximate surface area is 137 Å². The van der Waals surface area contributed by atoms with Crippen molar-refractivity contribution in [1.29, 1.82) is 0 Å². The van der Waals surface area contributed by atoms with Gasteiger partial charge in [-0.15, -0.1) is 0 Å². The summed E-state index contributed by atoms with van der Waals surface area (Å²) < 4.78 is 64.0. The molecular weight excluding hydrogens is 341 g/mol. The maximum atomic E-state index is 13.1. The van der Waals surface area contributed by atoms with Gasteiger partial charge in [-0.3, -0.25) is 9.71 Å². The van der Waals surface area contributed by atoms with E-state index < -0.39 is 21.8 Å². The monoisotopic (exact) mass is 354 g/mol. The fraction of sp³-hybridized carbons (Fsp3) is 0.188. The maximum Gasteiger partial charge on any atom is 0.416 e. The van der Waals surface area contributed by atoms with E-state index in [4.69, 9.17) is 0 Å². The summed E-state index contributed by atoms with van der Waals surface area (Å²) in [5.74, 6) is 0. The first-order chi connectivity index (χ1) is 11.1. The smallest absolute Gasteiger partial charge is 0.288 e. The van der Waals surface area contributed by atoms with Gasteiger partial charge in [-0.25, -0.2) is 8.42 Å². The predicted molar refractivity (Wildman–Crippen MR) is 86.6 cm³/mol. The number of halogens is 3. The van der Waals surface area contributed by atoms with Crippen LogP contribution in [0.25, 0.3) is 11.1 Å². The van der Waals surface area contributed by atoms with Crippen molar-refractivity contribution in [2.24, 2.45) is 4.99 Å². The van der Waals surface area contributed by atoms with Crippen molar-refractivity contribution in [1.82, 2.24) is 0 Å². The van der Waals surface area contributed by atoms with Gasteiger partial charge in [0.1, 0.15) is 0 Å². The Balaban J connectivity index is 2.06. The van der Waals surface area contributed by atoms with Crippen molar-refractivity contribution in [3.05, 3.63) is 53.1 Å². The first-order valence-corrected chi connectivity index (χ1v) is 8.85. The number of nitrogens with one attached hydrogen (secondary N) is 1. The molecule has 0 aromatic heterocycles. The molecular formula is C16H13F3N2O2S. The number of anilines is 1. The zero-order valence-corrected chi connectivity index (χ0v) is 13.4. The molecule has 1 heterocycles. The zero-order valence-electron chi connectivity index (χ0n) is 12.6. The van der Waals surface area contributed by atoms with Crippen molar-refractivity contribution in [3.8, 4) is 11.1 Å². The van der Waals surface area contributed by atoms with Gasteiger partial charge in [0.2, 0.25) is 10.0 Å². The normalized spacial score (nSPS) is 13.8. The minimum atomic E-state index is -4.44. The zero-order chi connectivity index (χ0) is 17.5. The number of alkyl halides is 3. The van der Waals surface area contributed by atoms with E-state index in [2.05, 4.69) is 9.71 Å². The molecule has 0 amide bonds. The van der Waals surface area contributed by atoms with Crippen molar-refractivity contribution < 1.29 is 21.6 Å². The van der Waals surface area contributed by atoms with Gasteiger partial charge in [0.05, 0.1) is 18.4 Å². The minimum Gasteiger partial charge on any atom is -0.288 e. The Kier molecular flexibility index (Phi) is 3.87. The quantitative estimate of drug-likeness (QED) is 0.914. The third-order valence-corrected chi connectivity index (χ3v) is 4.18. The van der Waals surface area contributed by atoms with Crippen LogP contribution in [0.5, 0.6) is 0 Å². The molecule has 0 fully saturated rings. The van der Waals surface area contributed by atoms with Crippen molar-refractivity contribution in [3.63, 3.8) is 0 Å². The molecule has 1 N–H and O–H groups in total. The number of benzene rings is 2. The molecule has 0 aliphatic carbocycles. The van der Waals surface area contributed by atoms with E-state index in [1.807, 2.05) is 0 Å². The highest BCUT2D eigenvalue weighted by molar-refractivity contribution is 7.92. The molecule has 1 aliphatic rings. The summed E-state index contributed by atoms with van der Waals surface area (Å²) in [5, 5.41) is 0. The van der Waals surface area contributed by atoms with Crippen LogP contribution in [0.3, 0.4) is 0 Å². The molecule has 0 unspecified atom stereocenters. The minimum absolute atomic E-state index is 0.222. The second-order valence-electron chi connectivity index (χ2n) is 5.52. The molecule has 0 spiro atoms. The van der Waals surface area contributed by atoms with Gasteiger partial charge in [-0.2, -0.15) is 13.2 Å². The largest absolute Gasteiger partial charge is 0.416 e. The lowest BCUT2D eigenvalue weighted by molar-refractivity contribution is -0.137. The van der Waals surface area contributed by atoms with Gasteiger partial charge in [0, 0.05) is 17.5 Å². The Bertz CT molecular complexity index is 918. The predicted octanol–water partition coefficient (Wildman–Crippen LogP) is 3.68. The third kappa shape index (κ3) is 3.43. The lowest BCUT2D eigenvalue weighted by Crippen LogP contribution is -2.09. The SMILES string of the molecule is CS(=O)(=O)Nc1ccc(-c2cc(C(F)(F)F)cc3c2C=NC3)cc1. The summed E-state index contributed by atoms with van der Waals surface area (Å²) in [6.07, 6.45) is -1.85. The van der Waals surface area contributed by atoms with Crippen molar-refractivity contribution >= 4 is 21.9 Å². The summed E-state index contributed by atoms with van der Waals surface area (Å²) in [5.41, 5.74) is 1.79. The Morgan fingerprint density at radius 3 is 2.38 bits per heavy atom. The van der Waals surface area contributed by atoms with Crippen LogP contribution in [0.4, 0.5) is 18.9 Å². The molecule has 0 atom stereocenters. The van der Waals surface area contributed by atoms with Gasteiger partial charge < -0.3 is 0 Å². The molecule has 24 heavy (non-hydrogen) atoms. The van der Waals surface area contributed by atoms with Crippen LogP contribution < -0.4 is 4.72 Å². The number of hydrogen-bond acceptors (Lipinski definition) is 3. The van der Waals surface area contributed by atoms with Crippen molar-refractivity contribution in [2.45, 2.75) is 12.7 Å². The molecule has 0 saturated carbocycles. The summed E-state index contributed by atoms with van der Waals surface area (Å²) in [4.78, 5) is 4.04. The van der Waals surface area contributed by atoms with E-state index in [1.54, 1.807) is 18.3 Å². The van der Waals surface area contributed by atoms with Crippen LogP contribution in [0.1, 0.15) is 16.7 Å². The third-order valence-electron chi connectivity index (χ3n) is 3.57. The second-order valence-corrected chi connectivity index (χ2v) is 7.26. The summed E-state index contributed by atoms with van der Waals surface area (Å²) >= 11 is 0. The first-order valence-electron chi connectivity index (χ1n) is 6.96. The highest BCUT2D eigenvalue weighted by Crippen LogP contribution is 2.37. The molecule has 1 aliphatic heterocycles. The average Bonchev–Trinajstić information content (AvgIpc) is 2.93. The Hall–Kier alpha value is -2.35. The van der Waals surface area contributed by atoms with Gasteiger partial charge in [0.25, 0.3) is 0 Å². The molecule has 4 nitrogen and oxygen atoms in total. The molecule has 0 saturated heterocycles. The fourth-order valence-corrected chi connectivity index (χ4v) is 3.13. The van der Waals surface area contributed by atoms with Crippen LogP contribution in [0.2, 0.25) is 0 Å². The summed E-state index contributed by atoms with van der Waals surface area (Å²) in [6, 6.07) is 8.38. The molecule has 126 valence electrons. The summed E-state index contributed by atoms with van der Waals surface area (Å²) in [6.45, 7) is 0.222. The molecule has 2 aromatic rings. The van der Waals surface area contributed by atoms with E-state index in [9.17, 15) is 21.6 Å². The lowest BCUT2D eigenvalue weighted by atomic mass is 9.94. The van der Waals surface area contributed by atoms with E-state index in [-0.39, 0.29) is 6.54 Å². The lowest BCUT2D eigenvalue weighted by Gasteiger charge is -2.14. The Morgan fingerprint density at radius 1 is 1.12 bits per heavy atom. The fourth-order valence-electron chi connectivity index (χ4n) is 2.57. The maximum absolute atomic E-state index is 13.1. The number of rotatable bonds is 3. The summed E-state index contributed by atoms with van der Waals surface area (Å²) in [7, 11) is -3.41. The Morgan fingerprint density at radius 2 is 1.79 bits per heavy atom. The number of sulfonamides is 1. The van der Waals surface area contributed by atoms with Crippen molar-refractivity contribution in [2.75, 3.05) is 11.0 Å². The molecule has 3 rings (SSSR count). The number of fused-ring (bicyclic) bond motifs is 1. The van der Waals surface area contributed by atoms with Gasteiger partial charge in [-0.1, -0.05) is 12.1 Å². The number of nitrogens with zero attached hydrogens (tertiary/aromatic N) is 1. The van der Waals surface area contributed by atoms with E-state index in [0.29, 0.717) is 27.9 Å². The van der Waals surface area contributed by atoms with E-state index in [1.165, 1.54) is 12.1 Å². The second kappa shape index (κ2) is 5.62. The highest BCUT2D eigenvalue weighted by atomic mass is 32.2. The number of aliphatic imine (C=N–C) groups is 1. The van der Waals surface area contributed by atoms with Gasteiger partial charge in [-0.05, 0) is 41.0 Å². The first kappa shape index (κ1) is 16.5. The standard InChI is InChI=1S/C16H13F3N2O2S/c1-24(22,23)21-13-4-2-10(3-5-13)14-7-12(16(17,18)19)6-11-8-20-9-15(11)14/h2-7,9,21H,8H2,1H3. The number of hydrogen-bond donors (Lipinski definition) is 1. The van der Waals surface area contributed by atoms with Crippen LogP contribution in [0.15, 0.2) is 41.4 Å². The average molecular weight is 354 g/mol. The topological polar surface area (TPSA) is 58.5 Å². The molecule has 0 bridgehead atoms. The molecule has 0 radical (unpaired) electrons. The van der Waals surface area contributed by atoms with E-state index >= 15 is 0 Å². The highest BCUT2D eigenvalue weighted by Gasteiger charge is 2.32. The van der Waals surface area contributed by atoms with Crippen LogP contribution in [0, 0.1) is 0 Å².